The lowest BCUT2D eigenvalue weighted by atomic mass is 10.2. The zero-order valence-electron chi connectivity index (χ0n) is 12.4. The number of aliphatic carboxylic acids is 1. The molecule has 1 aromatic carbocycles. The predicted octanol–water partition coefficient (Wildman–Crippen LogP) is 1.49. The lowest BCUT2D eigenvalue weighted by molar-refractivity contribution is -0.141. The second kappa shape index (κ2) is 7.93. The maximum Gasteiger partial charge on any atom is 0.305 e. The average molecular weight is 325 g/mol. The Morgan fingerprint density at radius 1 is 1.32 bits per heavy atom. The first-order chi connectivity index (χ1) is 10.6. The molecule has 22 heavy (non-hydrogen) atoms. The summed E-state index contributed by atoms with van der Waals surface area (Å²) in [4.78, 5) is 24.8. The summed E-state index contributed by atoms with van der Waals surface area (Å²) in [6.45, 7) is 0.473. The Hall–Kier alpha value is -1.89. The summed E-state index contributed by atoms with van der Waals surface area (Å²) in [5.74, 6) is 1.71. The molecule has 0 saturated carbocycles. The number of nitrogens with zero attached hydrogens (tertiary/aromatic N) is 1. The van der Waals surface area contributed by atoms with Gasteiger partial charge in [-0.25, -0.2) is 0 Å². The van der Waals surface area contributed by atoms with Crippen LogP contribution >= 0.6 is 11.8 Å². The lowest BCUT2D eigenvalue weighted by Crippen LogP contribution is -2.48. The summed E-state index contributed by atoms with van der Waals surface area (Å²) in [6.07, 6.45) is -0.0265. The zero-order valence-corrected chi connectivity index (χ0v) is 13.2. The van der Waals surface area contributed by atoms with E-state index in [1.54, 1.807) is 48.0 Å². The molecule has 1 saturated heterocycles. The number of amides is 1. The molecule has 0 aliphatic carbocycles. The molecule has 0 radical (unpaired) electrons. The summed E-state index contributed by atoms with van der Waals surface area (Å²) < 4.78 is 10.5. The molecule has 1 fully saturated rings. The van der Waals surface area contributed by atoms with E-state index >= 15 is 0 Å². The Bertz CT molecular complexity index is 519. The van der Waals surface area contributed by atoms with Gasteiger partial charge in [-0.15, -0.1) is 0 Å². The molecule has 0 aromatic heterocycles. The van der Waals surface area contributed by atoms with Gasteiger partial charge in [0.15, 0.2) is 6.61 Å². The van der Waals surface area contributed by atoms with Gasteiger partial charge in [-0.3, -0.25) is 9.59 Å². The maximum atomic E-state index is 12.3. The number of ether oxygens (including phenoxy) is 2. The monoisotopic (exact) mass is 325 g/mol. The van der Waals surface area contributed by atoms with Crippen molar-refractivity contribution in [3.8, 4) is 11.5 Å². The Morgan fingerprint density at radius 3 is 2.64 bits per heavy atom. The Balaban J connectivity index is 1.90. The van der Waals surface area contributed by atoms with Gasteiger partial charge in [-0.05, 0) is 24.3 Å². The Kier molecular flexibility index (Phi) is 5.94. The molecule has 1 aromatic rings. The van der Waals surface area contributed by atoms with Gasteiger partial charge < -0.3 is 19.5 Å². The number of carbonyl (C=O) groups is 2. The molecular weight excluding hydrogens is 306 g/mol. The van der Waals surface area contributed by atoms with Crippen LogP contribution in [-0.2, 0) is 9.59 Å². The smallest absolute Gasteiger partial charge is 0.305 e. The molecule has 1 amide bonds. The van der Waals surface area contributed by atoms with E-state index in [0.717, 1.165) is 5.75 Å². The third-order valence-corrected chi connectivity index (χ3v) is 4.47. The number of benzene rings is 1. The van der Waals surface area contributed by atoms with E-state index in [1.165, 1.54) is 0 Å². The highest BCUT2D eigenvalue weighted by Gasteiger charge is 2.28. The quantitative estimate of drug-likeness (QED) is 0.854. The van der Waals surface area contributed by atoms with Crippen LogP contribution in [0.4, 0.5) is 0 Å². The van der Waals surface area contributed by atoms with Gasteiger partial charge in [0.1, 0.15) is 11.5 Å². The molecule has 1 heterocycles. The molecule has 2 rings (SSSR count). The van der Waals surface area contributed by atoms with Crippen LogP contribution in [0.3, 0.4) is 0 Å². The van der Waals surface area contributed by atoms with Crippen molar-refractivity contribution in [1.82, 2.24) is 4.90 Å². The Labute approximate surface area is 133 Å². The maximum absolute atomic E-state index is 12.3. The van der Waals surface area contributed by atoms with E-state index in [1.807, 2.05) is 0 Å². The first kappa shape index (κ1) is 16.5. The number of carboxylic acids is 1. The van der Waals surface area contributed by atoms with Crippen molar-refractivity contribution in [1.29, 1.82) is 0 Å². The minimum atomic E-state index is -0.888. The van der Waals surface area contributed by atoms with Gasteiger partial charge in [0, 0.05) is 18.1 Å². The van der Waals surface area contributed by atoms with E-state index in [9.17, 15) is 9.59 Å². The third kappa shape index (κ3) is 4.56. The molecular formula is C15H19NO5S. The minimum absolute atomic E-state index is 0.0265. The van der Waals surface area contributed by atoms with E-state index in [-0.39, 0.29) is 25.0 Å². The summed E-state index contributed by atoms with van der Waals surface area (Å²) >= 11 is 1.67. The molecule has 7 heteroatoms. The van der Waals surface area contributed by atoms with E-state index in [0.29, 0.717) is 23.8 Å². The van der Waals surface area contributed by atoms with Crippen molar-refractivity contribution >= 4 is 23.6 Å². The predicted molar refractivity (Wildman–Crippen MR) is 83.6 cm³/mol. The number of rotatable bonds is 6. The van der Waals surface area contributed by atoms with Gasteiger partial charge in [-0.1, -0.05) is 0 Å². The van der Waals surface area contributed by atoms with Crippen molar-refractivity contribution in [2.24, 2.45) is 0 Å². The van der Waals surface area contributed by atoms with Crippen LogP contribution in [0.5, 0.6) is 11.5 Å². The lowest BCUT2D eigenvalue weighted by Gasteiger charge is -2.34. The SMILES string of the molecule is COc1ccc(OCC(=O)N2CCSCC2CC(=O)O)cc1. The van der Waals surface area contributed by atoms with Crippen LogP contribution in [0.25, 0.3) is 0 Å². The molecule has 1 aliphatic heterocycles. The average Bonchev–Trinajstić information content (AvgIpc) is 2.53. The topological polar surface area (TPSA) is 76.1 Å². The zero-order chi connectivity index (χ0) is 15.9. The van der Waals surface area contributed by atoms with Gasteiger partial charge in [-0.2, -0.15) is 11.8 Å². The largest absolute Gasteiger partial charge is 0.497 e. The molecule has 120 valence electrons. The first-order valence-corrected chi connectivity index (χ1v) is 8.11. The molecule has 1 atom stereocenters. The van der Waals surface area contributed by atoms with Crippen LogP contribution in [0.15, 0.2) is 24.3 Å². The number of methoxy groups -OCH3 is 1. The summed E-state index contributed by atoms with van der Waals surface area (Å²) in [7, 11) is 1.58. The molecule has 1 unspecified atom stereocenters. The summed E-state index contributed by atoms with van der Waals surface area (Å²) in [6, 6.07) is 6.71. The van der Waals surface area contributed by atoms with E-state index in [2.05, 4.69) is 0 Å². The van der Waals surface area contributed by atoms with Crippen LogP contribution in [-0.4, -0.2) is 59.7 Å². The van der Waals surface area contributed by atoms with Crippen molar-refractivity contribution in [3.05, 3.63) is 24.3 Å². The van der Waals surface area contributed by atoms with Crippen molar-refractivity contribution in [2.75, 3.05) is 31.8 Å². The first-order valence-electron chi connectivity index (χ1n) is 6.96. The van der Waals surface area contributed by atoms with Crippen LogP contribution < -0.4 is 9.47 Å². The fourth-order valence-electron chi connectivity index (χ4n) is 2.25. The second-order valence-electron chi connectivity index (χ2n) is 4.88. The van der Waals surface area contributed by atoms with Gasteiger partial charge in [0.25, 0.3) is 5.91 Å². The highest BCUT2D eigenvalue weighted by Crippen LogP contribution is 2.20. The minimum Gasteiger partial charge on any atom is -0.497 e. The molecule has 0 spiro atoms. The standard InChI is InChI=1S/C15H19NO5S/c1-20-12-2-4-13(5-3-12)21-9-14(17)16-6-7-22-10-11(16)8-15(18)19/h2-5,11H,6-10H2,1H3,(H,18,19). The van der Waals surface area contributed by atoms with Gasteiger partial charge in [0.05, 0.1) is 19.6 Å². The van der Waals surface area contributed by atoms with Gasteiger partial charge >= 0.3 is 5.97 Å². The summed E-state index contributed by atoms with van der Waals surface area (Å²) in [5, 5.41) is 8.93. The fraction of sp³-hybridized carbons (Fsp3) is 0.467. The third-order valence-electron chi connectivity index (χ3n) is 3.38. The number of carboxylic acid groups (broad SMARTS) is 1. The molecule has 6 nitrogen and oxygen atoms in total. The highest BCUT2D eigenvalue weighted by molar-refractivity contribution is 7.99. The van der Waals surface area contributed by atoms with Crippen LogP contribution in [0.1, 0.15) is 6.42 Å². The number of hydrogen-bond acceptors (Lipinski definition) is 5. The number of thioether (sulfide) groups is 1. The van der Waals surface area contributed by atoms with E-state index in [4.69, 9.17) is 14.6 Å². The highest BCUT2D eigenvalue weighted by atomic mass is 32.2. The van der Waals surface area contributed by atoms with E-state index < -0.39 is 5.97 Å². The van der Waals surface area contributed by atoms with Crippen LogP contribution in [0.2, 0.25) is 0 Å². The Morgan fingerprint density at radius 2 is 2.00 bits per heavy atom. The van der Waals surface area contributed by atoms with Gasteiger partial charge in [0.2, 0.25) is 0 Å². The van der Waals surface area contributed by atoms with Crippen LogP contribution in [0, 0.1) is 0 Å². The number of carbonyl (C=O) groups excluding carboxylic acids is 1. The number of hydrogen-bond donors (Lipinski definition) is 1. The molecule has 1 N–H and O–H groups in total. The summed E-state index contributed by atoms with van der Waals surface area (Å²) in [5.41, 5.74) is 0. The van der Waals surface area contributed by atoms with Crippen molar-refractivity contribution in [3.63, 3.8) is 0 Å². The molecule has 1 aliphatic rings. The fourth-order valence-corrected chi connectivity index (χ4v) is 3.32. The van der Waals surface area contributed by atoms with Crippen molar-refractivity contribution < 1.29 is 24.2 Å². The second-order valence-corrected chi connectivity index (χ2v) is 6.03. The van der Waals surface area contributed by atoms with Crippen molar-refractivity contribution in [2.45, 2.75) is 12.5 Å². The molecule has 0 bridgehead atoms. The normalized spacial score (nSPS) is 17.9.